The smallest absolute Gasteiger partial charge is 0.251 e. The van der Waals surface area contributed by atoms with E-state index in [-0.39, 0.29) is 11.8 Å². The third-order valence-electron chi connectivity index (χ3n) is 5.38. The van der Waals surface area contributed by atoms with Gasteiger partial charge in [0, 0.05) is 30.6 Å². The van der Waals surface area contributed by atoms with Crippen molar-refractivity contribution in [2.45, 2.75) is 51.5 Å². The number of imidazole rings is 1. The predicted molar refractivity (Wildman–Crippen MR) is 114 cm³/mol. The Morgan fingerprint density at radius 1 is 1.07 bits per heavy atom. The second-order valence-corrected chi connectivity index (χ2v) is 7.78. The van der Waals surface area contributed by atoms with Crippen molar-refractivity contribution < 1.29 is 9.59 Å². The molecule has 0 spiro atoms. The van der Waals surface area contributed by atoms with Gasteiger partial charge >= 0.3 is 0 Å². The molecule has 1 heterocycles. The van der Waals surface area contributed by atoms with E-state index in [2.05, 4.69) is 20.6 Å². The fourth-order valence-corrected chi connectivity index (χ4v) is 3.91. The van der Waals surface area contributed by atoms with Crippen LogP contribution in [-0.2, 0) is 11.2 Å². The van der Waals surface area contributed by atoms with E-state index < -0.39 is 0 Å². The molecule has 0 bridgehead atoms. The lowest BCUT2D eigenvalue weighted by atomic mass is 9.95. The average Bonchev–Trinajstić information content (AvgIpc) is 3.11. The number of H-pyrrole nitrogens is 1. The van der Waals surface area contributed by atoms with E-state index in [1.165, 1.54) is 26.2 Å². The van der Waals surface area contributed by atoms with Crippen molar-refractivity contribution >= 4 is 28.5 Å². The van der Waals surface area contributed by atoms with Gasteiger partial charge in [0.2, 0.25) is 5.91 Å². The molecule has 1 aliphatic rings. The Labute approximate surface area is 170 Å². The van der Waals surface area contributed by atoms with Crippen molar-refractivity contribution in [2.24, 2.45) is 0 Å². The number of aromatic amines is 1. The number of amides is 2. The van der Waals surface area contributed by atoms with Crippen molar-refractivity contribution in [2.75, 3.05) is 5.32 Å². The molecule has 3 aromatic rings. The van der Waals surface area contributed by atoms with Crippen LogP contribution in [0.4, 0.5) is 5.69 Å². The third-order valence-corrected chi connectivity index (χ3v) is 5.38. The van der Waals surface area contributed by atoms with Crippen molar-refractivity contribution in [1.82, 2.24) is 15.3 Å². The van der Waals surface area contributed by atoms with E-state index in [9.17, 15) is 9.59 Å². The van der Waals surface area contributed by atoms with Gasteiger partial charge < -0.3 is 15.6 Å². The Hall–Kier alpha value is -3.15. The fraction of sp³-hybridized carbons (Fsp3) is 0.348. The number of hydrogen-bond acceptors (Lipinski definition) is 3. The summed E-state index contributed by atoms with van der Waals surface area (Å²) in [5.41, 5.74) is 4.25. The van der Waals surface area contributed by atoms with Crippen LogP contribution in [0.15, 0.2) is 42.5 Å². The van der Waals surface area contributed by atoms with Crippen LogP contribution in [0.1, 0.15) is 60.8 Å². The van der Waals surface area contributed by atoms with Crippen molar-refractivity contribution in [3.05, 3.63) is 59.4 Å². The summed E-state index contributed by atoms with van der Waals surface area (Å²) in [6, 6.07) is 13.6. The van der Waals surface area contributed by atoms with E-state index in [0.717, 1.165) is 41.0 Å². The number of benzene rings is 2. The van der Waals surface area contributed by atoms with Crippen LogP contribution in [0.3, 0.4) is 0 Å². The number of nitrogens with one attached hydrogen (secondary N) is 3. The highest BCUT2D eigenvalue weighted by atomic mass is 16.2. The number of aromatic nitrogens is 2. The van der Waals surface area contributed by atoms with E-state index in [1.807, 2.05) is 42.5 Å². The van der Waals surface area contributed by atoms with Crippen LogP contribution in [-0.4, -0.2) is 27.8 Å². The second-order valence-electron chi connectivity index (χ2n) is 7.78. The predicted octanol–water partition coefficient (Wildman–Crippen LogP) is 4.17. The maximum absolute atomic E-state index is 12.6. The molecule has 150 valence electrons. The average molecular weight is 390 g/mol. The summed E-state index contributed by atoms with van der Waals surface area (Å²) in [7, 11) is 0. The summed E-state index contributed by atoms with van der Waals surface area (Å²) >= 11 is 0. The van der Waals surface area contributed by atoms with E-state index in [1.54, 1.807) is 0 Å². The van der Waals surface area contributed by atoms with Crippen LogP contribution in [0.25, 0.3) is 11.0 Å². The zero-order valence-corrected chi connectivity index (χ0v) is 16.6. The van der Waals surface area contributed by atoms with Gasteiger partial charge in [-0.1, -0.05) is 31.4 Å². The van der Waals surface area contributed by atoms with E-state index in [0.29, 0.717) is 18.0 Å². The molecule has 0 radical (unpaired) electrons. The standard InChI is InChI=1S/C23H26N4O2/c1-15(28)24-19-10-7-16(8-11-19)13-22-26-20-12-9-17(14-21(20)27-22)23(29)25-18-5-3-2-4-6-18/h7-12,14,18H,2-6,13H2,1H3,(H,24,28)(H,25,29)(H,26,27). The SMILES string of the molecule is CC(=O)Nc1ccc(Cc2nc3ccc(C(=O)NC4CCCCC4)cc3[nH]2)cc1. The lowest BCUT2D eigenvalue weighted by Crippen LogP contribution is -2.36. The summed E-state index contributed by atoms with van der Waals surface area (Å²) in [6.45, 7) is 1.49. The zero-order valence-electron chi connectivity index (χ0n) is 16.6. The maximum Gasteiger partial charge on any atom is 0.251 e. The summed E-state index contributed by atoms with van der Waals surface area (Å²) in [5.74, 6) is 0.749. The quantitative estimate of drug-likeness (QED) is 0.611. The minimum atomic E-state index is -0.0848. The molecule has 0 aliphatic heterocycles. The van der Waals surface area contributed by atoms with Crippen LogP contribution < -0.4 is 10.6 Å². The normalized spacial score (nSPS) is 14.7. The lowest BCUT2D eigenvalue weighted by molar-refractivity contribution is -0.114. The number of anilines is 1. The zero-order chi connectivity index (χ0) is 20.2. The molecule has 0 unspecified atom stereocenters. The molecule has 2 amide bonds. The maximum atomic E-state index is 12.6. The molecule has 1 fully saturated rings. The van der Waals surface area contributed by atoms with Crippen LogP contribution in [0.2, 0.25) is 0 Å². The van der Waals surface area contributed by atoms with Gasteiger partial charge in [0.15, 0.2) is 0 Å². The monoisotopic (exact) mass is 390 g/mol. The fourth-order valence-electron chi connectivity index (χ4n) is 3.91. The van der Waals surface area contributed by atoms with Crippen molar-refractivity contribution in [1.29, 1.82) is 0 Å². The Morgan fingerprint density at radius 2 is 1.83 bits per heavy atom. The Balaban J connectivity index is 1.45. The highest BCUT2D eigenvalue weighted by molar-refractivity contribution is 5.97. The first-order valence-electron chi connectivity index (χ1n) is 10.2. The summed E-state index contributed by atoms with van der Waals surface area (Å²) in [4.78, 5) is 31.7. The lowest BCUT2D eigenvalue weighted by Gasteiger charge is -2.22. The molecule has 0 atom stereocenters. The molecular formula is C23H26N4O2. The Kier molecular flexibility index (Phi) is 5.60. The van der Waals surface area contributed by atoms with Crippen molar-refractivity contribution in [3.63, 3.8) is 0 Å². The van der Waals surface area contributed by atoms with E-state index >= 15 is 0 Å². The molecule has 2 aromatic carbocycles. The van der Waals surface area contributed by atoms with Gasteiger partial charge in [-0.3, -0.25) is 9.59 Å². The van der Waals surface area contributed by atoms with Gasteiger partial charge in [0.05, 0.1) is 11.0 Å². The van der Waals surface area contributed by atoms with Gasteiger partial charge in [-0.05, 0) is 48.7 Å². The minimum absolute atomic E-state index is 0.0106. The molecule has 0 saturated heterocycles. The number of hydrogen-bond donors (Lipinski definition) is 3. The summed E-state index contributed by atoms with van der Waals surface area (Å²) < 4.78 is 0. The van der Waals surface area contributed by atoms with Crippen molar-refractivity contribution in [3.8, 4) is 0 Å². The third kappa shape index (κ3) is 4.83. The molecule has 1 saturated carbocycles. The molecular weight excluding hydrogens is 364 g/mol. The van der Waals surface area contributed by atoms with Gasteiger partial charge in [0.25, 0.3) is 5.91 Å². The van der Waals surface area contributed by atoms with Crippen LogP contribution >= 0.6 is 0 Å². The largest absolute Gasteiger partial charge is 0.349 e. The second kappa shape index (κ2) is 8.47. The minimum Gasteiger partial charge on any atom is -0.349 e. The Morgan fingerprint density at radius 3 is 2.55 bits per heavy atom. The number of carbonyl (C=O) groups is 2. The summed E-state index contributed by atoms with van der Waals surface area (Å²) in [6.07, 6.45) is 6.45. The van der Waals surface area contributed by atoms with Gasteiger partial charge in [0.1, 0.15) is 5.82 Å². The molecule has 4 rings (SSSR count). The number of carbonyl (C=O) groups excluding carboxylic acids is 2. The molecule has 1 aromatic heterocycles. The highest BCUT2D eigenvalue weighted by Crippen LogP contribution is 2.20. The highest BCUT2D eigenvalue weighted by Gasteiger charge is 2.17. The topological polar surface area (TPSA) is 86.9 Å². The van der Waals surface area contributed by atoms with E-state index in [4.69, 9.17) is 0 Å². The molecule has 1 aliphatic carbocycles. The first-order chi connectivity index (χ1) is 14.1. The first-order valence-corrected chi connectivity index (χ1v) is 10.2. The number of fused-ring (bicyclic) bond motifs is 1. The van der Waals surface area contributed by atoms with Crippen LogP contribution in [0, 0.1) is 0 Å². The number of nitrogens with zero attached hydrogens (tertiary/aromatic N) is 1. The number of rotatable bonds is 5. The van der Waals surface area contributed by atoms with Gasteiger partial charge in [-0.25, -0.2) is 4.98 Å². The van der Waals surface area contributed by atoms with Gasteiger partial charge in [-0.2, -0.15) is 0 Å². The molecule has 3 N–H and O–H groups in total. The summed E-state index contributed by atoms with van der Waals surface area (Å²) in [5, 5.41) is 5.93. The Bertz CT molecular complexity index is 1020. The molecule has 29 heavy (non-hydrogen) atoms. The molecule has 6 nitrogen and oxygen atoms in total. The first kappa shape index (κ1) is 19.2. The molecule has 6 heteroatoms. The van der Waals surface area contributed by atoms with Gasteiger partial charge in [-0.15, -0.1) is 0 Å². The van der Waals surface area contributed by atoms with Crippen LogP contribution in [0.5, 0.6) is 0 Å².